The van der Waals surface area contributed by atoms with Crippen LogP contribution in [0.25, 0.3) is 11.0 Å². The second-order valence-corrected chi connectivity index (χ2v) is 4.59. The zero-order valence-corrected chi connectivity index (χ0v) is 11.3. The molecular formula is C12H5BrClN3O. The van der Waals surface area contributed by atoms with Crippen molar-refractivity contribution in [1.82, 2.24) is 9.55 Å². The lowest BCUT2D eigenvalue weighted by atomic mass is 10.2. The molecule has 0 radical (unpaired) electrons. The molecule has 0 N–H and O–H groups in total. The molecule has 2 rings (SSSR count). The first kappa shape index (κ1) is 12.6. The van der Waals surface area contributed by atoms with Gasteiger partial charge in [0.05, 0.1) is 17.1 Å². The first-order chi connectivity index (χ1) is 8.60. The summed E-state index contributed by atoms with van der Waals surface area (Å²) in [6, 6.07) is 5.14. The van der Waals surface area contributed by atoms with Gasteiger partial charge < -0.3 is 0 Å². The number of nitrogens with zero attached hydrogens (tertiary/aromatic N) is 3. The molecule has 0 aliphatic rings. The number of aromatic nitrogens is 2. The molecule has 18 heavy (non-hydrogen) atoms. The van der Waals surface area contributed by atoms with Gasteiger partial charge in [-0.25, -0.2) is 4.98 Å². The van der Waals surface area contributed by atoms with Crippen LogP contribution in [0.4, 0.5) is 0 Å². The molecule has 0 atom stereocenters. The highest BCUT2D eigenvalue weighted by atomic mass is 79.9. The second kappa shape index (κ2) is 4.81. The number of fused-ring (bicyclic) bond motifs is 1. The molecule has 2 aromatic rings. The lowest BCUT2D eigenvalue weighted by molar-refractivity contribution is 0.830. The van der Waals surface area contributed by atoms with E-state index in [4.69, 9.17) is 23.3 Å². The van der Waals surface area contributed by atoms with Crippen LogP contribution in [0.1, 0.15) is 5.56 Å². The summed E-state index contributed by atoms with van der Waals surface area (Å²) in [7, 11) is 0. The van der Waals surface area contributed by atoms with Crippen molar-refractivity contribution in [1.29, 1.82) is 5.26 Å². The maximum atomic E-state index is 12.0. The molecular weight excluding hydrogens is 318 g/mol. The fourth-order valence-electron chi connectivity index (χ4n) is 1.61. The molecule has 0 saturated carbocycles. The summed E-state index contributed by atoms with van der Waals surface area (Å²) >= 11 is 9.24. The normalized spacial score (nSPS) is 10.0. The fraction of sp³-hybridized carbons (Fsp3) is 0.0833. The Bertz CT molecular complexity index is 783. The van der Waals surface area contributed by atoms with Gasteiger partial charge in [-0.05, 0) is 28.1 Å². The van der Waals surface area contributed by atoms with Crippen molar-refractivity contribution < 1.29 is 0 Å². The smallest absolute Gasteiger partial charge is 0.271 e. The van der Waals surface area contributed by atoms with Gasteiger partial charge in [-0.1, -0.05) is 17.5 Å². The lowest BCUT2D eigenvalue weighted by Gasteiger charge is -2.09. The van der Waals surface area contributed by atoms with E-state index < -0.39 is 5.56 Å². The van der Waals surface area contributed by atoms with Gasteiger partial charge in [-0.3, -0.25) is 9.36 Å². The molecule has 0 spiro atoms. The van der Waals surface area contributed by atoms with E-state index in [1.807, 2.05) is 0 Å². The van der Waals surface area contributed by atoms with E-state index >= 15 is 0 Å². The lowest BCUT2D eigenvalue weighted by Crippen LogP contribution is -2.23. The van der Waals surface area contributed by atoms with Crippen molar-refractivity contribution in [3.8, 4) is 18.4 Å². The van der Waals surface area contributed by atoms with Gasteiger partial charge in [0, 0.05) is 0 Å². The Labute approximate surface area is 116 Å². The highest BCUT2D eigenvalue weighted by molar-refractivity contribution is 9.10. The molecule has 0 aliphatic heterocycles. The SMILES string of the molecule is C#CCn1c(=O)c(C#N)c(Cl)c2nc(Br)ccc21. The van der Waals surface area contributed by atoms with E-state index in [0.29, 0.717) is 15.6 Å². The zero-order valence-electron chi connectivity index (χ0n) is 8.94. The third-order valence-corrected chi connectivity index (χ3v) is 3.19. The maximum Gasteiger partial charge on any atom is 0.271 e. The Hall–Kier alpha value is -1.82. The predicted octanol–water partition coefficient (Wildman–Crippen LogP) is 2.32. The number of rotatable bonds is 1. The first-order valence-corrected chi connectivity index (χ1v) is 5.99. The highest BCUT2D eigenvalue weighted by Crippen LogP contribution is 2.24. The van der Waals surface area contributed by atoms with Crippen LogP contribution in [0, 0.1) is 23.7 Å². The molecule has 6 heteroatoms. The van der Waals surface area contributed by atoms with Gasteiger partial charge in [0.2, 0.25) is 0 Å². The van der Waals surface area contributed by atoms with Gasteiger partial charge in [0.25, 0.3) is 5.56 Å². The van der Waals surface area contributed by atoms with Crippen LogP contribution >= 0.6 is 27.5 Å². The number of hydrogen-bond donors (Lipinski definition) is 0. The van der Waals surface area contributed by atoms with Crippen molar-refractivity contribution in [2.24, 2.45) is 0 Å². The van der Waals surface area contributed by atoms with E-state index in [2.05, 4.69) is 26.8 Å². The molecule has 0 fully saturated rings. The fourth-order valence-corrected chi connectivity index (χ4v) is 2.18. The largest absolute Gasteiger partial charge is 0.294 e. The predicted molar refractivity (Wildman–Crippen MR) is 72.3 cm³/mol. The van der Waals surface area contributed by atoms with E-state index in [-0.39, 0.29) is 17.1 Å². The molecule has 0 unspecified atom stereocenters. The molecule has 0 bridgehead atoms. The summed E-state index contributed by atoms with van der Waals surface area (Å²) < 4.78 is 1.87. The molecule has 4 nitrogen and oxygen atoms in total. The molecule has 0 aliphatic carbocycles. The van der Waals surface area contributed by atoms with Gasteiger partial charge >= 0.3 is 0 Å². The van der Waals surface area contributed by atoms with Crippen molar-refractivity contribution in [2.45, 2.75) is 6.54 Å². The van der Waals surface area contributed by atoms with E-state index in [1.54, 1.807) is 18.2 Å². The van der Waals surface area contributed by atoms with Gasteiger partial charge in [-0.15, -0.1) is 6.42 Å². The highest BCUT2D eigenvalue weighted by Gasteiger charge is 2.16. The van der Waals surface area contributed by atoms with Crippen molar-refractivity contribution >= 4 is 38.6 Å². The van der Waals surface area contributed by atoms with Crippen molar-refractivity contribution in [3.05, 3.63) is 37.7 Å². The van der Waals surface area contributed by atoms with Crippen LogP contribution in [0.2, 0.25) is 5.02 Å². The van der Waals surface area contributed by atoms with Crippen molar-refractivity contribution in [2.75, 3.05) is 0 Å². The minimum Gasteiger partial charge on any atom is -0.294 e. The maximum absolute atomic E-state index is 12.0. The summed E-state index contributed by atoms with van der Waals surface area (Å²) in [5, 5.41) is 9.03. The molecule has 2 heterocycles. The van der Waals surface area contributed by atoms with Gasteiger partial charge in [-0.2, -0.15) is 5.26 Å². The van der Waals surface area contributed by atoms with Crippen LogP contribution in [0.3, 0.4) is 0 Å². The topological polar surface area (TPSA) is 58.7 Å². The van der Waals surface area contributed by atoms with Crippen LogP contribution in [-0.4, -0.2) is 9.55 Å². The second-order valence-electron chi connectivity index (χ2n) is 3.40. The number of pyridine rings is 2. The third-order valence-electron chi connectivity index (χ3n) is 2.38. The Morgan fingerprint density at radius 3 is 2.89 bits per heavy atom. The average molecular weight is 323 g/mol. The summed E-state index contributed by atoms with van der Waals surface area (Å²) in [5.74, 6) is 2.37. The monoisotopic (exact) mass is 321 g/mol. The Kier molecular flexibility index (Phi) is 3.38. The summed E-state index contributed by atoms with van der Waals surface area (Å²) in [6.07, 6.45) is 5.22. The van der Waals surface area contributed by atoms with E-state index in [1.165, 1.54) is 4.57 Å². The van der Waals surface area contributed by atoms with Crippen LogP contribution in [0.15, 0.2) is 21.5 Å². The van der Waals surface area contributed by atoms with Crippen molar-refractivity contribution in [3.63, 3.8) is 0 Å². The minimum absolute atomic E-state index is 0.0482. The average Bonchev–Trinajstić information content (AvgIpc) is 2.35. The molecule has 0 aromatic carbocycles. The van der Waals surface area contributed by atoms with Crippen LogP contribution < -0.4 is 5.56 Å². The number of halogens is 2. The van der Waals surface area contributed by atoms with E-state index in [0.717, 1.165) is 0 Å². The molecule has 88 valence electrons. The van der Waals surface area contributed by atoms with Crippen LogP contribution in [0.5, 0.6) is 0 Å². The van der Waals surface area contributed by atoms with Gasteiger partial charge in [0.1, 0.15) is 21.8 Å². The number of nitriles is 1. The standard InChI is InChI=1S/C12H5BrClN3O/c1-2-5-17-8-3-4-9(13)16-11(8)10(14)7(6-15)12(17)18/h1,3-4H,5H2. The Morgan fingerprint density at radius 2 is 2.28 bits per heavy atom. The third kappa shape index (κ3) is 1.88. The molecule has 0 amide bonds. The zero-order chi connectivity index (χ0) is 13.3. The van der Waals surface area contributed by atoms with Crippen LogP contribution in [-0.2, 0) is 6.54 Å². The Balaban J connectivity index is 3.04. The summed E-state index contributed by atoms with van der Waals surface area (Å²) in [4.78, 5) is 16.2. The molecule has 0 saturated heterocycles. The Morgan fingerprint density at radius 1 is 1.56 bits per heavy atom. The van der Waals surface area contributed by atoms with E-state index in [9.17, 15) is 4.79 Å². The molecule has 2 aromatic heterocycles. The quantitative estimate of drug-likeness (QED) is 0.598. The minimum atomic E-state index is -0.503. The summed E-state index contributed by atoms with van der Waals surface area (Å²) in [5.41, 5.74) is 0.227. The summed E-state index contributed by atoms with van der Waals surface area (Å²) in [6.45, 7) is 0.0600. The number of hydrogen-bond acceptors (Lipinski definition) is 3. The van der Waals surface area contributed by atoms with Gasteiger partial charge in [0.15, 0.2) is 0 Å². The number of terminal acetylenes is 1. The first-order valence-electron chi connectivity index (χ1n) is 4.82.